The number of aldehydes is 1. The number of hydrogen-bond donors (Lipinski definition) is 14. The van der Waals surface area contributed by atoms with Gasteiger partial charge in [-0.3, -0.25) is 0 Å². The second-order valence-electron chi connectivity index (χ2n) is 28.5. The van der Waals surface area contributed by atoms with Gasteiger partial charge in [-0.1, -0.05) is 65.3 Å². The summed E-state index contributed by atoms with van der Waals surface area (Å²) in [4.78, 5) is 55.0. The number of rotatable bonds is 17. The Hall–Kier alpha value is -3.54. The monoisotopic (exact) mass is 1300 g/mol. The first-order chi connectivity index (χ1) is 42.7. The molecule has 0 aromatic heterocycles. The van der Waals surface area contributed by atoms with Gasteiger partial charge >= 0.3 is 17.9 Å². The maximum atomic E-state index is 14.3. The summed E-state index contributed by atoms with van der Waals surface area (Å²) in [7, 11) is 0. The van der Waals surface area contributed by atoms with Crippen molar-refractivity contribution in [1.29, 1.82) is 0 Å². The fourth-order valence-electron chi connectivity index (χ4n) is 17.4. The molecule has 0 aromatic carbocycles. The minimum absolute atomic E-state index is 0.0872. The lowest BCUT2D eigenvalue weighted by Crippen LogP contribution is -2.72. The highest BCUT2D eigenvalue weighted by Crippen LogP contribution is 2.76. The molecule has 0 spiro atoms. The lowest BCUT2D eigenvalue weighted by atomic mass is 9.33. The molecule has 8 fully saturated rings. The molecule has 14 N–H and O–H groups in total. The molecule has 516 valence electrons. The number of hydrogen-bond acceptors (Lipinski definition) is 27. The Morgan fingerprint density at radius 3 is 1.69 bits per heavy atom. The maximum absolute atomic E-state index is 14.3. The number of aliphatic carboxylic acids is 1. The van der Waals surface area contributed by atoms with E-state index in [2.05, 4.69) is 26.8 Å². The highest BCUT2D eigenvalue weighted by Gasteiger charge is 2.74. The maximum Gasteiger partial charge on any atom is 0.335 e. The summed E-state index contributed by atoms with van der Waals surface area (Å²) in [6.07, 6.45) is -34.1. The number of carboxylic acids is 1. The van der Waals surface area contributed by atoms with Crippen LogP contribution in [-0.2, 0) is 66.5 Å². The van der Waals surface area contributed by atoms with Crippen molar-refractivity contribution in [1.82, 2.24) is 0 Å². The van der Waals surface area contributed by atoms with Gasteiger partial charge in [-0.2, -0.15) is 0 Å². The number of carbonyl (C=O) groups is 4. The van der Waals surface area contributed by atoms with Crippen LogP contribution in [0.4, 0.5) is 0 Å². The fourth-order valence-corrected chi connectivity index (χ4v) is 17.4. The molecule has 5 aliphatic carbocycles. The zero-order valence-corrected chi connectivity index (χ0v) is 53.1. The van der Waals surface area contributed by atoms with Crippen molar-refractivity contribution < 1.29 is 138 Å². The van der Waals surface area contributed by atoms with Crippen LogP contribution < -0.4 is 0 Å². The number of fused-ring (bicyclic) bond motifs is 7. The molecule has 4 saturated carbocycles. The summed E-state index contributed by atoms with van der Waals surface area (Å²) in [6.45, 7) is 15.4. The predicted octanol–water partition coefficient (Wildman–Crippen LogP) is -1.70. The number of esters is 2. The third kappa shape index (κ3) is 11.9. The summed E-state index contributed by atoms with van der Waals surface area (Å²) in [5.41, 5.74) is -4.39. The van der Waals surface area contributed by atoms with Crippen LogP contribution >= 0.6 is 0 Å². The Bertz CT molecular complexity index is 2740. The molecule has 31 unspecified atom stereocenters. The average molecular weight is 1300 g/mol. The third-order valence-electron chi connectivity index (χ3n) is 23.3. The summed E-state index contributed by atoms with van der Waals surface area (Å²) >= 11 is 0. The highest BCUT2D eigenvalue weighted by atomic mass is 16.8. The van der Waals surface area contributed by atoms with Crippen LogP contribution in [0.25, 0.3) is 0 Å². The van der Waals surface area contributed by atoms with E-state index in [1.165, 1.54) is 0 Å². The van der Waals surface area contributed by atoms with Gasteiger partial charge in [0.2, 0.25) is 0 Å². The van der Waals surface area contributed by atoms with E-state index in [1.54, 1.807) is 46.8 Å². The van der Waals surface area contributed by atoms with Gasteiger partial charge in [0, 0.05) is 16.6 Å². The molecular formula is C63H96O28. The van der Waals surface area contributed by atoms with E-state index in [1.807, 2.05) is 13.8 Å². The molecule has 28 heteroatoms. The molecule has 4 heterocycles. The highest BCUT2D eigenvalue weighted by molar-refractivity contribution is 5.89. The number of ether oxygens (including phenoxy) is 10. The Balaban J connectivity index is 1.06. The quantitative estimate of drug-likeness (QED) is 0.0254. The first kappa shape index (κ1) is 71.7. The van der Waals surface area contributed by atoms with Gasteiger partial charge in [0.25, 0.3) is 0 Å². The summed E-state index contributed by atoms with van der Waals surface area (Å²) in [5.74, 6) is -4.38. The summed E-state index contributed by atoms with van der Waals surface area (Å²) in [6, 6.07) is 0. The second-order valence-corrected chi connectivity index (χ2v) is 28.5. The van der Waals surface area contributed by atoms with Crippen molar-refractivity contribution in [2.45, 2.75) is 255 Å². The van der Waals surface area contributed by atoms with Crippen LogP contribution in [0.2, 0.25) is 0 Å². The zero-order chi connectivity index (χ0) is 67.2. The lowest BCUT2D eigenvalue weighted by molar-refractivity contribution is -0.400. The van der Waals surface area contributed by atoms with Gasteiger partial charge in [-0.25, -0.2) is 14.4 Å². The molecule has 91 heavy (non-hydrogen) atoms. The molecule has 31 atom stereocenters. The van der Waals surface area contributed by atoms with Crippen LogP contribution in [0.3, 0.4) is 0 Å². The van der Waals surface area contributed by atoms with Crippen LogP contribution in [0.5, 0.6) is 0 Å². The van der Waals surface area contributed by atoms with Gasteiger partial charge in [0.05, 0.1) is 49.5 Å². The fraction of sp³-hybridized carbons (Fsp3) is 0.841. The smallest absolute Gasteiger partial charge is 0.335 e. The van der Waals surface area contributed by atoms with Crippen molar-refractivity contribution in [3.8, 4) is 0 Å². The molecule has 9 rings (SSSR count). The van der Waals surface area contributed by atoms with E-state index in [0.717, 1.165) is 11.9 Å². The van der Waals surface area contributed by atoms with Gasteiger partial charge in [-0.15, -0.1) is 0 Å². The van der Waals surface area contributed by atoms with E-state index < -0.39 is 230 Å². The Labute approximate surface area is 527 Å². The molecule has 28 nitrogen and oxygen atoms in total. The summed E-state index contributed by atoms with van der Waals surface area (Å²) in [5, 5.41) is 155. The van der Waals surface area contributed by atoms with E-state index in [9.17, 15) is 90.7 Å². The predicted molar refractivity (Wildman–Crippen MR) is 308 cm³/mol. The van der Waals surface area contributed by atoms with Crippen molar-refractivity contribution in [2.24, 2.45) is 50.2 Å². The van der Waals surface area contributed by atoms with Gasteiger partial charge in [-0.05, 0) is 107 Å². The average Bonchev–Trinajstić information content (AvgIpc) is 0.670. The number of allylic oxidation sites excluding steroid dienone is 4. The van der Waals surface area contributed by atoms with Gasteiger partial charge < -0.3 is 124 Å². The Morgan fingerprint density at radius 1 is 0.615 bits per heavy atom. The van der Waals surface area contributed by atoms with Crippen LogP contribution in [0.1, 0.15) is 114 Å². The number of aliphatic hydroxyl groups excluding tert-OH is 13. The lowest BCUT2D eigenvalue weighted by Gasteiger charge is -2.72. The molecule has 0 amide bonds. The Morgan fingerprint density at radius 2 is 1.16 bits per heavy atom. The van der Waals surface area contributed by atoms with Crippen molar-refractivity contribution in [3.63, 3.8) is 0 Å². The molecule has 4 aliphatic heterocycles. The molecule has 0 aromatic rings. The molecule has 9 aliphatic rings. The van der Waals surface area contributed by atoms with Crippen molar-refractivity contribution in [2.75, 3.05) is 26.4 Å². The van der Waals surface area contributed by atoms with Crippen LogP contribution in [0, 0.1) is 50.2 Å². The zero-order valence-electron chi connectivity index (χ0n) is 53.1. The van der Waals surface area contributed by atoms with E-state index in [0.29, 0.717) is 37.7 Å². The molecule has 0 radical (unpaired) electrons. The second kappa shape index (κ2) is 26.8. The summed E-state index contributed by atoms with van der Waals surface area (Å²) < 4.78 is 61.1. The van der Waals surface area contributed by atoms with Crippen molar-refractivity contribution >= 4 is 24.2 Å². The minimum atomic E-state index is -2.32. The van der Waals surface area contributed by atoms with Gasteiger partial charge in [0.15, 0.2) is 37.4 Å². The minimum Gasteiger partial charge on any atom is -0.479 e. The first-order valence-electron chi connectivity index (χ1n) is 31.6. The SMILES string of the molecule is CC=C(C)C(=O)OC1C(OC(=O)C(C)=CC)C2(CO)C(O)CC3(C)C(=CCC4C5(C)CCC(OC6OC(C(=O)O)C(O)C(OC7OCC(O)C(O)C7OC7OC(CO)C(O)C(O)C7O)C6OC6OC(CO)C(O)C(O)C6O)C(C)(C=O)C5CCC43C)C2CC1(C)C. The standard InChI is InChI=1S/C63H96O28/c1-11-26(3)52(80)90-49-50(91-53(81)27(4)12-2)63(25-67)29(19-58(49,5)6)28-13-14-34-59(7)17-16-36(60(8,24-66)33(59)15-18-61(34,9)62(28,10)20-35(63)69)85-57-48(89-55-43(76)41(74)39(72)32(22-65)84-55)45(44(77)46(87-57)51(78)79)86-56-47(37(70)30(68)23-82-56)88-54-42(75)40(73)38(71)31(21-64)83-54/h11-13,24,29-50,54-57,64-65,67-77H,14-23,25H2,1-10H3,(H,78,79). The third-order valence-corrected chi connectivity index (χ3v) is 23.3. The van der Waals surface area contributed by atoms with Crippen LogP contribution in [0.15, 0.2) is 34.9 Å². The van der Waals surface area contributed by atoms with E-state index in [-0.39, 0.29) is 24.3 Å². The van der Waals surface area contributed by atoms with E-state index in [4.69, 9.17) is 47.4 Å². The van der Waals surface area contributed by atoms with Crippen LogP contribution in [-0.4, -0.2) is 263 Å². The van der Waals surface area contributed by atoms with Gasteiger partial charge in [0.1, 0.15) is 97.8 Å². The normalized spacial score (nSPS) is 50.0. The number of carbonyl (C=O) groups excluding carboxylic acids is 3. The molecule has 4 saturated heterocycles. The Kier molecular flexibility index (Phi) is 21.1. The first-order valence-corrected chi connectivity index (χ1v) is 31.6. The van der Waals surface area contributed by atoms with Crippen molar-refractivity contribution in [3.05, 3.63) is 34.9 Å². The largest absolute Gasteiger partial charge is 0.479 e. The van der Waals surface area contributed by atoms with E-state index >= 15 is 0 Å². The molecule has 0 bridgehead atoms. The molecular weight excluding hydrogens is 1200 g/mol. The topological polar surface area (TPSA) is 444 Å². The number of carboxylic acid groups (broad SMARTS) is 1. The number of aliphatic hydroxyl groups is 13.